The summed E-state index contributed by atoms with van der Waals surface area (Å²) < 4.78 is 18.6. The smallest absolute Gasteiger partial charge is 0.207 e. The van der Waals surface area contributed by atoms with Gasteiger partial charge in [0.15, 0.2) is 0 Å². The van der Waals surface area contributed by atoms with Crippen molar-refractivity contribution in [3.05, 3.63) is 51.1 Å². The summed E-state index contributed by atoms with van der Waals surface area (Å²) in [5, 5.41) is 0. The first-order valence-corrected chi connectivity index (χ1v) is 8.26. The van der Waals surface area contributed by atoms with E-state index in [0.29, 0.717) is 17.4 Å². The molecule has 0 aliphatic rings. The summed E-state index contributed by atoms with van der Waals surface area (Å²) >= 11 is 3.43. The third kappa shape index (κ3) is 3.76. The fraction of sp³-hybridized carbons (Fsp3) is 0.357. The summed E-state index contributed by atoms with van der Waals surface area (Å²) in [4.78, 5) is 4.26. The van der Waals surface area contributed by atoms with E-state index in [2.05, 4.69) is 20.9 Å². The summed E-state index contributed by atoms with van der Waals surface area (Å²) in [6.45, 7) is 5.79. The number of halogens is 1. The Morgan fingerprint density at radius 2 is 2.00 bits per heavy atom. The van der Waals surface area contributed by atoms with Gasteiger partial charge in [-0.05, 0) is 44.0 Å². The van der Waals surface area contributed by atoms with Crippen molar-refractivity contribution in [2.24, 2.45) is 0 Å². The Kier molecular flexibility index (Phi) is 4.58. The number of aromatic nitrogens is 1. The molecule has 0 spiro atoms. The van der Waals surface area contributed by atoms with Crippen LogP contribution in [-0.2, 0) is 22.3 Å². The van der Waals surface area contributed by atoms with Gasteiger partial charge < -0.3 is 4.42 Å². The first kappa shape index (κ1) is 14.5. The number of aryl methyl sites for hydroxylation is 3. The summed E-state index contributed by atoms with van der Waals surface area (Å²) in [5.41, 5.74) is 3.11. The lowest BCUT2D eigenvalue weighted by Gasteiger charge is -2.05. The normalized spacial score (nSPS) is 12.6. The Morgan fingerprint density at radius 3 is 2.58 bits per heavy atom. The van der Waals surface area contributed by atoms with E-state index in [9.17, 15) is 4.21 Å². The molecular formula is C14H16BrNO2S. The zero-order valence-corrected chi connectivity index (χ0v) is 13.6. The molecule has 0 N–H and O–H groups in total. The highest BCUT2D eigenvalue weighted by molar-refractivity contribution is 9.10. The van der Waals surface area contributed by atoms with E-state index in [0.717, 1.165) is 27.1 Å². The lowest BCUT2D eigenvalue weighted by Crippen LogP contribution is -2.01. The fourth-order valence-electron chi connectivity index (χ4n) is 1.78. The highest BCUT2D eigenvalue weighted by atomic mass is 79.9. The third-order valence-corrected chi connectivity index (χ3v) is 4.67. The van der Waals surface area contributed by atoms with Gasteiger partial charge in [-0.25, -0.2) is 4.98 Å². The largest absolute Gasteiger partial charge is 0.445 e. The maximum Gasteiger partial charge on any atom is 0.207 e. The van der Waals surface area contributed by atoms with Gasteiger partial charge in [0.25, 0.3) is 0 Å². The van der Waals surface area contributed by atoms with Crippen molar-refractivity contribution in [1.82, 2.24) is 4.98 Å². The van der Waals surface area contributed by atoms with Crippen LogP contribution in [0.3, 0.4) is 0 Å². The zero-order valence-electron chi connectivity index (χ0n) is 11.2. The summed E-state index contributed by atoms with van der Waals surface area (Å²) in [7, 11) is -1.01. The Morgan fingerprint density at radius 1 is 1.26 bits per heavy atom. The maximum atomic E-state index is 12.1. The molecule has 0 amide bonds. The molecule has 1 aromatic carbocycles. The molecular weight excluding hydrogens is 326 g/mol. The predicted molar refractivity (Wildman–Crippen MR) is 80.4 cm³/mol. The van der Waals surface area contributed by atoms with Crippen LogP contribution in [0.1, 0.15) is 28.5 Å². The standard InChI is InChI=1S/C14H16BrNO2S/c1-9-6-13(15)5-4-12(9)7-19(17)8-14-16-10(2)11(3)18-14/h4-6H,7-8H2,1-3H3/t19-/m1/s1. The van der Waals surface area contributed by atoms with E-state index >= 15 is 0 Å². The number of hydrogen-bond acceptors (Lipinski definition) is 3. The van der Waals surface area contributed by atoms with Crippen LogP contribution in [0.5, 0.6) is 0 Å². The van der Waals surface area contributed by atoms with Crippen LogP contribution in [-0.4, -0.2) is 9.19 Å². The van der Waals surface area contributed by atoms with Gasteiger partial charge in [-0.3, -0.25) is 4.21 Å². The number of hydrogen-bond donors (Lipinski definition) is 0. The highest BCUT2D eigenvalue weighted by Gasteiger charge is 2.11. The average Bonchev–Trinajstić information content (AvgIpc) is 2.62. The molecule has 3 nitrogen and oxygen atoms in total. The fourth-order valence-corrected chi connectivity index (χ4v) is 3.43. The second-order valence-electron chi connectivity index (χ2n) is 4.55. The Labute approximate surface area is 124 Å². The highest BCUT2D eigenvalue weighted by Crippen LogP contribution is 2.18. The Hall–Kier alpha value is -0.940. The molecule has 0 radical (unpaired) electrons. The Balaban J connectivity index is 2.05. The number of oxazole rings is 1. The lowest BCUT2D eigenvalue weighted by atomic mass is 10.1. The number of benzene rings is 1. The van der Waals surface area contributed by atoms with Crippen LogP contribution in [0.25, 0.3) is 0 Å². The first-order chi connectivity index (χ1) is 8.95. The molecule has 0 saturated heterocycles. The van der Waals surface area contributed by atoms with Gasteiger partial charge in [-0.2, -0.15) is 0 Å². The van der Waals surface area contributed by atoms with Gasteiger partial charge in [0, 0.05) is 21.0 Å². The second kappa shape index (κ2) is 6.01. The minimum atomic E-state index is -1.01. The third-order valence-electron chi connectivity index (χ3n) is 2.98. The quantitative estimate of drug-likeness (QED) is 0.849. The molecule has 1 aromatic heterocycles. The molecule has 0 fully saturated rings. The first-order valence-electron chi connectivity index (χ1n) is 5.98. The SMILES string of the molecule is Cc1cc(Br)ccc1C[S@@](=O)Cc1nc(C)c(C)o1. The molecule has 0 aliphatic carbocycles. The number of rotatable bonds is 4. The van der Waals surface area contributed by atoms with Gasteiger partial charge in [0.05, 0.1) is 5.69 Å². The van der Waals surface area contributed by atoms with Crippen molar-refractivity contribution in [2.45, 2.75) is 32.3 Å². The molecule has 0 aliphatic heterocycles. The summed E-state index contributed by atoms with van der Waals surface area (Å²) in [6.07, 6.45) is 0. The molecule has 1 heterocycles. The van der Waals surface area contributed by atoms with Gasteiger partial charge >= 0.3 is 0 Å². The van der Waals surface area contributed by atoms with E-state index in [1.54, 1.807) is 0 Å². The van der Waals surface area contributed by atoms with Crippen molar-refractivity contribution >= 4 is 26.7 Å². The summed E-state index contributed by atoms with van der Waals surface area (Å²) in [6, 6.07) is 6.01. The van der Waals surface area contributed by atoms with Gasteiger partial charge in [0.1, 0.15) is 11.5 Å². The minimum absolute atomic E-state index is 0.365. The molecule has 2 rings (SSSR count). The van der Waals surface area contributed by atoms with Crippen molar-refractivity contribution in [3.63, 3.8) is 0 Å². The van der Waals surface area contributed by atoms with Crippen molar-refractivity contribution in [1.29, 1.82) is 0 Å². The van der Waals surface area contributed by atoms with Gasteiger partial charge in [-0.15, -0.1) is 0 Å². The van der Waals surface area contributed by atoms with Crippen LogP contribution < -0.4 is 0 Å². The molecule has 19 heavy (non-hydrogen) atoms. The molecule has 0 unspecified atom stereocenters. The van der Waals surface area contributed by atoms with Crippen LogP contribution in [0.15, 0.2) is 27.1 Å². The molecule has 0 bridgehead atoms. The van der Waals surface area contributed by atoms with Gasteiger partial charge in [0.2, 0.25) is 5.89 Å². The van der Waals surface area contributed by atoms with Crippen molar-refractivity contribution in [3.8, 4) is 0 Å². The minimum Gasteiger partial charge on any atom is -0.445 e. The van der Waals surface area contributed by atoms with Gasteiger partial charge in [-0.1, -0.05) is 22.0 Å². The molecule has 1 atom stereocenters. The second-order valence-corrected chi connectivity index (χ2v) is 6.92. The predicted octanol–water partition coefficient (Wildman–Crippen LogP) is 3.81. The van der Waals surface area contributed by atoms with E-state index in [1.165, 1.54) is 0 Å². The molecule has 5 heteroatoms. The monoisotopic (exact) mass is 341 g/mol. The van der Waals surface area contributed by atoms with E-state index in [4.69, 9.17) is 4.42 Å². The van der Waals surface area contributed by atoms with Crippen molar-refractivity contribution < 1.29 is 8.63 Å². The molecule has 102 valence electrons. The molecule has 2 aromatic rings. The van der Waals surface area contributed by atoms with Crippen LogP contribution in [0.2, 0.25) is 0 Å². The summed E-state index contributed by atoms with van der Waals surface area (Å²) in [5.74, 6) is 2.25. The Bertz CT molecular complexity index is 602. The van der Waals surface area contributed by atoms with E-state index < -0.39 is 10.8 Å². The molecule has 0 saturated carbocycles. The van der Waals surface area contributed by atoms with E-state index in [-0.39, 0.29) is 0 Å². The number of nitrogens with zero attached hydrogens (tertiary/aromatic N) is 1. The maximum absolute atomic E-state index is 12.1. The zero-order chi connectivity index (χ0) is 14.0. The van der Waals surface area contributed by atoms with Crippen LogP contribution >= 0.6 is 15.9 Å². The van der Waals surface area contributed by atoms with Crippen LogP contribution in [0, 0.1) is 20.8 Å². The van der Waals surface area contributed by atoms with Crippen LogP contribution in [0.4, 0.5) is 0 Å². The van der Waals surface area contributed by atoms with E-state index in [1.807, 2.05) is 39.0 Å². The van der Waals surface area contributed by atoms with Crippen molar-refractivity contribution in [2.75, 3.05) is 0 Å². The topological polar surface area (TPSA) is 43.1 Å². The lowest BCUT2D eigenvalue weighted by molar-refractivity contribution is 0.487. The average molecular weight is 342 g/mol.